The lowest BCUT2D eigenvalue weighted by Gasteiger charge is -2.02. The minimum Gasteiger partial charge on any atom is -0.506 e. The molecule has 1 heterocycles. The maximum absolute atomic E-state index is 13.2. The second-order valence-corrected chi connectivity index (χ2v) is 3.35. The van der Waals surface area contributed by atoms with Gasteiger partial charge in [0.1, 0.15) is 11.4 Å². The Morgan fingerprint density at radius 3 is 2.61 bits per heavy atom. The van der Waals surface area contributed by atoms with Crippen molar-refractivity contribution < 1.29 is 14.4 Å². The first-order valence-corrected chi connectivity index (χ1v) is 4.58. The van der Waals surface area contributed by atoms with E-state index in [9.17, 15) is 24.4 Å². The molecule has 0 spiro atoms. The third kappa shape index (κ3) is 1.69. The van der Waals surface area contributed by atoms with Crippen LogP contribution in [-0.4, -0.2) is 29.8 Å². The molecule has 0 saturated carbocycles. The molecule has 0 fully saturated rings. The largest absolute Gasteiger partial charge is 0.506 e. The fraction of sp³-hybridized carbons (Fsp3) is 0.125. The second-order valence-electron chi connectivity index (χ2n) is 3.35. The Kier molecular flexibility index (Phi) is 2.54. The number of phenols is 1. The molecule has 0 aliphatic carbocycles. The van der Waals surface area contributed by atoms with Crippen LogP contribution in [0.5, 0.6) is 5.75 Å². The van der Waals surface area contributed by atoms with E-state index in [2.05, 4.69) is 10.4 Å². The number of aromatic hydroxyl groups is 1. The van der Waals surface area contributed by atoms with E-state index in [0.717, 1.165) is 4.68 Å². The Bertz CT molecular complexity index is 691. The molecule has 0 radical (unpaired) electrons. The van der Waals surface area contributed by atoms with Crippen LogP contribution < -0.4 is 5.69 Å². The van der Waals surface area contributed by atoms with Crippen LogP contribution in [0.25, 0.3) is 5.69 Å². The Balaban J connectivity index is 2.72. The molecule has 9 nitrogen and oxygen atoms in total. The van der Waals surface area contributed by atoms with Gasteiger partial charge in [-0.2, -0.15) is 13.8 Å². The van der Waals surface area contributed by atoms with Gasteiger partial charge in [-0.3, -0.25) is 10.1 Å². The molecule has 0 saturated heterocycles. The first-order valence-electron chi connectivity index (χ1n) is 4.58. The molecule has 0 amide bonds. The van der Waals surface area contributed by atoms with Crippen LogP contribution >= 0.6 is 0 Å². The number of tetrazole rings is 1. The lowest BCUT2D eigenvalue weighted by molar-refractivity contribution is -0.387. The monoisotopic (exact) mass is 255 g/mol. The van der Waals surface area contributed by atoms with Crippen LogP contribution in [0.1, 0.15) is 0 Å². The van der Waals surface area contributed by atoms with Crippen LogP contribution in [0, 0.1) is 15.9 Å². The molecule has 2 aromatic rings. The molecular weight excluding hydrogens is 249 g/mol. The SMILES string of the molecule is Cn1nnn(-c2cc([N+](=O)[O-])c(F)cc2O)c1=O. The van der Waals surface area contributed by atoms with E-state index in [1.807, 2.05) is 0 Å². The van der Waals surface area contributed by atoms with Crippen LogP contribution in [0.3, 0.4) is 0 Å². The van der Waals surface area contributed by atoms with E-state index in [4.69, 9.17) is 0 Å². The summed E-state index contributed by atoms with van der Waals surface area (Å²) >= 11 is 0. The summed E-state index contributed by atoms with van der Waals surface area (Å²) in [4.78, 5) is 21.1. The predicted octanol–water partition coefficient (Wildman–Crippen LogP) is -0.281. The Morgan fingerprint density at radius 1 is 1.44 bits per heavy atom. The molecule has 1 N–H and O–H groups in total. The quantitative estimate of drug-likeness (QED) is 0.582. The zero-order valence-corrected chi connectivity index (χ0v) is 8.94. The Labute approximate surface area is 97.8 Å². The van der Waals surface area contributed by atoms with Crippen molar-refractivity contribution >= 4 is 5.69 Å². The molecular formula is C8H6FN5O4. The fourth-order valence-corrected chi connectivity index (χ4v) is 1.31. The van der Waals surface area contributed by atoms with Gasteiger partial charge in [-0.1, -0.05) is 0 Å². The summed E-state index contributed by atoms with van der Waals surface area (Å²) in [5.74, 6) is -1.86. The maximum atomic E-state index is 13.2. The number of nitrogens with zero attached hydrogens (tertiary/aromatic N) is 5. The summed E-state index contributed by atoms with van der Waals surface area (Å²) in [5, 5.41) is 26.8. The molecule has 2 rings (SSSR count). The summed E-state index contributed by atoms with van der Waals surface area (Å²) < 4.78 is 14.7. The number of phenolic OH excluding ortho intramolecular Hbond substituents is 1. The van der Waals surface area contributed by atoms with Gasteiger partial charge in [0.25, 0.3) is 0 Å². The van der Waals surface area contributed by atoms with Gasteiger partial charge in [0.15, 0.2) is 0 Å². The van der Waals surface area contributed by atoms with Crippen molar-refractivity contribution in [1.29, 1.82) is 0 Å². The van der Waals surface area contributed by atoms with E-state index in [0.29, 0.717) is 16.8 Å². The van der Waals surface area contributed by atoms with Crippen molar-refractivity contribution in [2.24, 2.45) is 7.05 Å². The molecule has 0 aliphatic rings. The molecule has 1 aromatic carbocycles. The Hall–Kier alpha value is -2.78. The van der Waals surface area contributed by atoms with Gasteiger partial charge in [-0.05, 0) is 10.4 Å². The minimum atomic E-state index is -1.21. The average molecular weight is 255 g/mol. The van der Waals surface area contributed by atoms with Crippen LogP contribution in [0.4, 0.5) is 10.1 Å². The van der Waals surface area contributed by atoms with Crippen LogP contribution in [0.15, 0.2) is 16.9 Å². The number of halogens is 1. The molecule has 94 valence electrons. The third-order valence-corrected chi connectivity index (χ3v) is 2.19. The molecule has 1 aromatic heterocycles. The molecule has 18 heavy (non-hydrogen) atoms. The second kappa shape index (κ2) is 3.91. The number of nitro groups is 1. The van der Waals surface area contributed by atoms with Gasteiger partial charge in [-0.15, -0.1) is 0 Å². The highest BCUT2D eigenvalue weighted by molar-refractivity contribution is 5.53. The van der Waals surface area contributed by atoms with Gasteiger partial charge >= 0.3 is 11.4 Å². The highest BCUT2D eigenvalue weighted by Crippen LogP contribution is 2.28. The van der Waals surface area contributed by atoms with Crippen molar-refractivity contribution in [3.63, 3.8) is 0 Å². The van der Waals surface area contributed by atoms with Crippen molar-refractivity contribution in [3.8, 4) is 11.4 Å². The van der Waals surface area contributed by atoms with E-state index in [-0.39, 0.29) is 5.69 Å². The maximum Gasteiger partial charge on any atom is 0.368 e. The number of benzene rings is 1. The number of rotatable bonds is 2. The van der Waals surface area contributed by atoms with Crippen molar-refractivity contribution in [2.45, 2.75) is 0 Å². The highest BCUT2D eigenvalue weighted by atomic mass is 19.1. The average Bonchev–Trinajstić information content (AvgIpc) is 2.60. The molecule has 10 heteroatoms. The van der Waals surface area contributed by atoms with E-state index in [1.54, 1.807) is 0 Å². The fourth-order valence-electron chi connectivity index (χ4n) is 1.31. The third-order valence-electron chi connectivity index (χ3n) is 2.19. The molecule has 0 atom stereocenters. The zero-order chi connectivity index (χ0) is 13.4. The van der Waals surface area contributed by atoms with Crippen LogP contribution in [-0.2, 0) is 7.05 Å². The van der Waals surface area contributed by atoms with Gasteiger partial charge in [0.05, 0.1) is 4.92 Å². The van der Waals surface area contributed by atoms with Crippen LogP contribution in [0.2, 0.25) is 0 Å². The van der Waals surface area contributed by atoms with E-state index >= 15 is 0 Å². The number of hydrogen-bond donors (Lipinski definition) is 1. The summed E-state index contributed by atoms with van der Waals surface area (Å²) in [7, 11) is 1.31. The number of hydrogen-bond acceptors (Lipinski definition) is 6. The lowest BCUT2D eigenvalue weighted by atomic mass is 10.2. The number of aromatic nitrogens is 4. The van der Waals surface area contributed by atoms with Crippen molar-refractivity contribution in [3.05, 3.63) is 38.5 Å². The smallest absolute Gasteiger partial charge is 0.368 e. The topological polar surface area (TPSA) is 116 Å². The van der Waals surface area contributed by atoms with Gasteiger partial charge < -0.3 is 5.11 Å². The summed E-state index contributed by atoms with van der Waals surface area (Å²) in [6.07, 6.45) is 0. The Morgan fingerprint density at radius 2 is 2.11 bits per heavy atom. The van der Waals surface area contributed by atoms with Gasteiger partial charge in [0.2, 0.25) is 5.82 Å². The standard InChI is InChI=1S/C8H6FN5O4/c1-12-8(16)13(11-10-12)6-3-5(14(17)18)4(9)2-7(6)15/h2-3,15H,1H3. The zero-order valence-electron chi connectivity index (χ0n) is 8.94. The highest BCUT2D eigenvalue weighted by Gasteiger charge is 2.21. The number of aryl methyl sites for hydroxylation is 1. The van der Waals surface area contributed by atoms with Gasteiger partial charge in [-0.25, -0.2) is 4.79 Å². The molecule has 0 aliphatic heterocycles. The molecule has 0 unspecified atom stereocenters. The summed E-state index contributed by atoms with van der Waals surface area (Å²) in [5.41, 5.74) is -1.92. The first kappa shape index (κ1) is 11.7. The van der Waals surface area contributed by atoms with E-state index in [1.165, 1.54) is 7.05 Å². The number of nitro benzene ring substituents is 1. The lowest BCUT2D eigenvalue weighted by Crippen LogP contribution is -2.22. The van der Waals surface area contributed by atoms with Crippen molar-refractivity contribution in [2.75, 3.05) is 0 Å². The minimum absolute atomic E-state index is 0.318. The predicted molar refractivity (Wildman–Crippen MR) is 54.9 cm³/mol. The first-order chi connectivity index (χ1) is 8.41. The normalized spacial score (nSPS) is 10.6. The summed E-state index contributed by atoms with van der Waals surface area (Å²) in [6.45, 7) is 0. The van der Waals surface area contributed by atoms with Gasteiger partial charge in [0, 0.05) is 19.2 Å². The summed E-state index contributed by atoms with van der Waals surface area (Å²) in [6, 6.07) is 1.25. The van der Waals surface area contributed by atoms with Crippen molar-refractivity contribution in [1.82, 2.24) is 19.8 Å². The van der Waals surface area contributed by atoms with E-state index < -0.39 is 27.9 Å². The molecule has 0 bridgehead atoms.